The Morgan fingerprint density at radius 1 is 1.60 bits per heavy atom. The van der Waals surface area contributed by atoms with Crippen LogP contribution < -0.4 is 16.8 Å². The summed E-state index contributed by atoms with van der Waals surface area (Å²) in [7, 11) is 0. The summed E-state index contributed by atoms with van der Waals surface area (Å²) in [4.78, 5) is 11.0. The summed E-state index contributed by atoms with van der Waals surface area (Å²) >= 11 is 0. The highest BCUT2D eigenvalue weighted by atomic mass is 19.1. The number of amides is 1. The van der Waals surface area contributed by atoms with Crippen LogP contribution >= 0.6 is 0 Å². The first-order chi connectivity index (χ1) is 7.02. The van der Waals surface area contributed by atoms with E-state index >= 15 is 0 Å². The summed E-state index contributed by atoms with van der Waals surface area (Å²) in [5, 5.41) is 2.87. The van der Waals surface area contributed by atoms with Gasteiger partial charge in [-0.15, -0.1) is 0 Å². The van der Waals surface area contributed by atoms with E-state index in [1.807, 2.05) is 0 Å². The third-order valence-corrected chi connectivity index (χ3v) is 1.87. The average Bonchev–Trinajstić information content (AvgIpc) is 2.13. The summed E-state index contributed by atoms with van der Waals surface area (Å²) in [6.07, 6.45) is 0. The standard InChI is InChI=1S/C10H14FN3O/c1-6(12)5-14-8-4-2-3-7(11)9(8)10(13)15/h2-4,6,14H,5,12H2,1H3,(H2,13,15). The fourth-order valence-corrected chi connectivity index (χ4v) is 1.19. The molecule has 0 bridgehead atoms. The van der Waals surface area contributed by atoms with Crippen molar-refractivity contribution < 1.29 is 9.18 Å². The van der Waals surface area contributed by atoms with Gasteiger partial charge in [-0.2, -0.15) is 0 Å². The number of nitrogens with two attached hydrogens (primary N) is 2. The molecule has 0 aliphatic heterocycles. The molecule has 0 heterocycles. The molecule has 0 aliphatic carbocycles. The minimum absolute atomic E-state index is 0.0889. The molecule has 0 saturated carbocycles. The van der Waals surface area contributed by atoms with Gasteiger partial charge in [0.1, 0.15) is 5.82 Å². The first kappa shape index (κ1) is 11.5. The molecule has 0 radical (unpaired) electrons. The Morgan fingerprint density at radius 3 is 2.80 bits per heavy atom. The van der Waals surface area contributed by atoms with Gasteiger partial charge in [0.05, 0.1) is 5.56 Å². The molecule has 0 saturated heterocycles. The quantitative estimate of drug-likeness (QED) is 0.685. The molecule has 15 heavy (non-hydrogen) atoms. The fourth-order valence-electron chi connectivity index (χ4n) is 1.19. The average molecular weight is 211 g/mol. The summed E-state index contributed by atoms with van der Waals surface area (Å²) in [6, 6.07) is 4.20. The maximum Gasteiger partial charge on any atom is 0.253 e. The van der Waals surface area contributed by atoms with Gasteiger partial charge in [-0.3, -0.25) is 4.79 Å². The van der Waals surface area contributed by atoms with Gasteiger partial charge in [0.15, 0.2) is 0 Å². The van der Waals surface area contributed by atoms with Crippen molar-refractivity contribution in [1.29, 1.82) is 0 Å². The van der Waals surface area contributed by atoms with Gasteiger partial charge in [-0.05, 0) is 19.1 Å². The highest BCUT2D eigenvalue weighted by Crippen LogP contribution is 2.17. The number of anilines is 1. The lowest BCUT2D eigenvalue weighted by molar-refractivity contribution is 0.0997. The second kappa shape index (κ2) is 4.75. The van der Waals surface area contributed by atoms with Crippen molar-refractivity contribution in [2.45, 2.75) is 13.0 Å². The van der Waals surface area contributed by atoms with Gasteiger partial charge >= 0.3 is 0 Å². The Hall–Kier alpha value is -1.62. The van der Waals surface area contributed by atoms with Crippen molar-refractivity contribution in [3.63, 3.8) is 0 Å². The Bertz CT molecular complexity index is 366. The van der Waals surface area contributed by atoms with Crippen LogP contribution in [-0.2, 0) is 0 Å². The molecule has 1 amide bonds. The van der Waals surface area contributed by atoms with Crippen molar-refractivity contribution in [2.24, 2.45) is 11.5 Å². The summed E-state index contributed by atoms with van der Waals surface area (Å²) < 4.78 is 13.3. The Labute approximate surface area is 87.4 Å². The summed E-state index contributed by atoms with van der Waals surface area (Å²) in [6.45, 7) is 2.25. The van der Waals surface area contributed by atoms with Crippen LogP contribution in [0.25, 0.3) is 0 Å². The van der Waals surface area contributed by atoms with Gasteiger partial charge in [0.25, 0.3) is 5.91 Å². The predicted molar refractivity (Wildman–Crippen MR) is 57.1 cm³/mol. The third kappa shape index (κ3) is 2.92. The van der Waals surface area contributed by atoms with Crippen LogP contribution in [0.2, 0.25) is 0 Å². The highest BCUT2D eigenvalue weighted by molar-refractivity contribution is 5.98. The number of hydrogen-bond acceptors (Lipinski definition) is 3. The zero-order valence-corrected chi connectivity index (χ0v) is 8.46. The van der Waals surface area contributed by atoms with E-state index in [1.54, 1.807) is 13.0 Å². The van der Waals surface area contributed by atoms with Crippen LogP contribution in [0, 0.1) is 5.82 Å². The second-order valence-electron chi connectivity index (χ2n) is 3.38. The SMILES string of the molecule is CC(N)CNc1cccc(F)c1C(N)=O. The van der Waals surface area contributed by atoms with Crippen LogP contribution in [0.5, 0.6) is 0 Å². The van der Waals surface area contributed by atoms with E-state index < -0.39 is 11.7 Å². The number of carbonyl (C=O) groups is 1. The van der Waals surface area contributed by atoms with E-state index in [9.17, 15) is 9.18 Å². The van der Waals surface area contributed by atoms with Crippen LogP contribution in [0.4, 0.5) is 10.1 Å². The summed E-state index contributed by atoms with van der Waals surface area (Å²) in [5.41, 5.74) is 10.9. The maximum absolute atomic E-state index is 13.3. The molecule has 0 aromatic heterocycles. The number of carbonyl (C=O) groups excluding carboxylic acids is 1. The van der Waals surface area contributed by atoms with Gasteiger partial charge in [0.2, 0.25) is 0 Å². The van der Waals surface area contributed by atoms with Crippen LogP contribution in [0.1, 0.15) is 17.3 Å². The van der Waals surface area contributed by atoms with E-state index in [0.717, 1.165) is 0 Å². The van der Waals surface area contributed by atoms with Gasteiger partial charge in [-0.25, -0.2) is 4.39 Å². The molecule has 1 unspecified atom stereocenters. The van der Waals surface area contributed by atoms with Crippen molar-refractivity contribution in [3.8, 4) is 0 Å². The van der Waals surface area contributed by atoms with E-state index in [1.165, 1.54) is 12.1 Å². The normalized spacial score (nSPS) is 12.2. The van der Waals surface area contributed by atoms with E-state index in [-0.39, 0.29) is 11.6 Å². The van der Waals surface area contributed by atoms with E-state index in [4.69, 9.17) is 11.5 Å². The van der Waals surface area contributed by atoms with E-state index in [0.29, 0.717) is 12.2 Å². The molecule has 1 rings (SSSR count). The number of rotatable bonds is 4. The Balaban J connectivity index is 2.96. The molecule has 1 aromatic rings. The van der Waals surface area contributed by atoms with Crippen molar-refractivity contribution in [3.05, 3.63) is 29.6 Å². The highest BCUT2D eigenvalue weighted by Gasteiger charge is 2.13. The number of halogens is 1. The molecule has 0 fully saturated rings. The minimum atomic E-state index is -0.791. The molecule has 0 spiro atoms. The molecule has 5 heteroatoms. The van der Waals surface area contributed by atoms with Gasteiger partial charge in [0, 0.05) is 18.3 Å². The van der Waals surface area contributed by atoms with Gasteiger partial charge in [-0.1, -0.05) is 6.07 Å². The molecule has 82 valence electrons. The van der Waals surface area contributed by atoms with Crippen LogP contribution in [-0.4, -0.2) is 18.5 Å². The van der Waals surface area contributed by atoms with Gasteiger partial charge < -0.3 is 16.8 Å². The second-order valence-corrected chi connectivity index (χ2v) is 3.38. The maximum atomic E-state index is 13.3. The summed E-state index contributed by atoms with van der Waals surface area (Å²) in [5.74, 6) is -1.42. The van der Waals surface area contributed by atoms with Crippen LogP contribution in [0.3, 0.4) is 0 Å². The van der Waals surface area contributed by atoms with Crippen molar-refractivity contribution in [2.75, 3.05) is 11.9 Å². The lowest BCUT2D eigenvalue weighted by Crippen LogP contribution is -2.26. The lowest BCUT2D eigenvalue weighted by Gasteiger charge is -2.12. The fraction of sp³-hybridized carbons (Fsp3) is 0.300. The first-order valence-electron chi connectivity index (χ1n) is 4.60. The first-order valence-corrected chi connectivity index (χ1v) is 4.60. The van der Waals surface area contributed by atoms with E-state index in [2.05, 4.69) is 5.32 Å². The zero-order valence-electron chi connectivity index (χ0n) is 8.46. The number of primary amides is 1. The molecule has 1 aromatic carbocycles. The minimum Gasteiger partial charge on any atom is -0.383 e. The smallest absolute Gasteiger partial charge is 0.253 e. The molecular formula is C10H14FN3O. The number of hydrogen-bond donors (Lipinski definition) is 3. The zero-order chi connectivity index (χ0) is 11.4. The largest absolute Gasteiger partial charge is 0.383 e. The Kier molecular flexibility index (Phi) is 3.62. The number of nitrogens with one attached hydrogen (secondary N) is 1. The molecule has 1 atom stereocenters. The molecule has 5 N–H and O–H groups in total. The number of benzene rings is 1. The molecule has 0 aliphatic rings. The molecule has 4 nitrogen and oxygen atoms in total. The van der Waals surface area contributed by atoms with Crippen molar-refractivity contribution >= 4 is 11.6 Å². The van der Waals surface area contributed by atoms with Crippen molar-refractivity contribution in [1.82, 2.24) is 0 Å². The Morgan fingerprint density at radius 2 is 2.27 bits per heavy atom. The third-order valence-electron chi connectivity index (χ3n) is 1.87. The lowest BCUT2D eigenvalue weighted by atomic mass is 10.1. The predicted octanol–water partition coefficient (Wildman–Crippen LogP) is 0.684. The molecular weight excluding hydrogens is 197 g/mol. The topological polar surface area (TPSA) is 81.1 Å². The van der Waals surface area contributed by atoms with Crippen LogP contribution in [0.15, 0.2) is 18.2 Å². The monoisotopic (exact) mass is 211 g/mol.